The molecule has 0 bridgehead atoms. The van der Waals surface area contributed by atoms with Gasteiger partial charge in [0.15, 0.2) is 5.82 Å². The molecule has 0 fully saturated rings. The quantitative estimate of drug-likeness (QED) is 0.263. The predicted molar refractivity (Wildman–Crippen MR) is 50.4 cm³/mol. The average Bonchev–Trinajstić information content (AvgIpc) is 2.11. The lowest BCUT2D eigenvalue weighted by Crippen LogP contribution is -2.04. The van der Waals surface area contributed by atoms with E-state index >= 15 is 0 Å². The highest BCUT2D eigenvalue weighted by molar-refractivity contribution is 14.1. The van der Waals surface area contributed by atoms with Crippen LogP contribution >= 0.6 is 22.6 Å². The summed E-state index contributed by atoms with van der Waals surface area (Å²) in [6.07, 6.45) is 0. The molecule has 0 aromatic heterocycles. The van der Waals surface area contributed by atoms with Gasteiger partial charge < -0.3 is 0 Å². The Morgan fingerprint density at radius 3 is 2.14 bits per heavy atom. The molecule has 7 heteroatoms. The molecule has 0 aliphatic carbocycles. The van der Waals surface area contributed by atoms with Crippen LogP contribution in [0.25, 0.3) is 0 Å². The van der Waals surface area contributed by atoms with Crippen molar-refractivity contribution in [2.75, 3.05) is 0 Å². The fourth-order valence-corrected chi connectivity index (χ4v) is 1.37. The molecule has 0 unspecified atom stereocenters. The maximum absolute atomic E-state index is 13.1. The molecule has 1 aromatic rings. The summed E-state index contributed by atoms with van der Waals surface area (Å²) in [5.74, 6) is -4.49. The summed E-state index contributed by atoms with van der Waals surface area (Å²) in [5.41, 5.74) is -1.71. The van der Waals surface area contributed by atoms with Crippen LogP contribution in [-0.2, 0) is 0 Å². The van der Waals surface area contributed by atoms with E-state index in [1.807, 2.05) is 0 Å². The van der Waals surface area contributed by atoms with Gasteiger partial charge in [-0.1, -0.05) is 0 Å². The zero-order valence-corrected chi connectivity index (χ0v) is 8.93. The minimum Gasteiger partial charge on any atom is -0.258 e. The maximum Gasteiger partial charge on any atom is 0.343 e. The third-order valence-corrected chi connectivity index (χ3v) is 2.92. The van der Waals surface area contributed by atoms with Gasteiger partial charge in [-0.05, 0) is 29.5 Å². The van der Waals surface area contributed by atoms with E-state index in [0.29, 0.717) is 0 Å². The number of halogens is 4. The van der Waals surface area contributed by atoms with Gasteiger partial charge in [0.05, 0.1) is 8.49 Å². The lowest BCUT2D eigenvalue weighted by molar-refractivity contribution is -0.390. The first-order valence-electron chi connectivity index (χ1n) is 3.34. The number of rotatable bonds is 1. The summed E-state index contributed by atoms with van der Waals surface area (Å²) in [7, 11) is 0. The summed E-state index contributed by atoms with van der Waals surface area (Å²) in [5, 5.41) is 10.2. The zero-order chi connectivity index (χ0) is 11.0. The lowest BCUT2D eigenvalue weighted by atomic mass is 10.2. The summed E-state index contributed by atoms with van der Waals surface area (Å²) >= 11 is 1.38. The first-order valence-corrected chi connectivity index (χ1v) is 4.42. The zero-order valence-electron chi connectivity index (χ0n) is 6.78. The molecule has 1 aromatic carbocycles. The molecule has 0 heterocycles. The molecule has 1 rings (SSSR count). The van der Waals surface area contributed by atoms with Crippen molar-refractivity contribution >= 4 is 28.3 Å². The minimum atomic E-state index is -1.76. The van der Waals surface area contributed by atoms with Crippen LogP contribution in [-0.4, -0.2) is 4.92 Å². The van der Waals surface area contributed by atoms with Crippen LogP contribution in [0.4, 0.5) is 18.9 Å². The largest absolute Gasteiger partial charge is 0.343 e. The summed E-state index contributed by atoms with van der Waals surface area (Å²) < 4.78 is 38.6. The Labute approximate surface area is 90.2 Å². The SMILES string of the molecule is Cc1c(F)c([N+](=O)[O-])c(F)c(F)c1I. The molecule has 0 aliphatic heterocycles. The van der Waals surface area contributed by atoms with E-state index < -0.39 is 28.1 Å². The Morgan fingerprint density at radius 1 is 1.21 bits per heavy atom. The number of nitro groups is 1. The van der Waals surface area contributed by atoms with E-state index in [0.717, 1.165) is 6.92 Å². The molecule has 0 saturated heterocycles. The van der Waals surface area contributed by atoms with Crippen molar-refractivity contribution in [2.24, 2.45) is 0 Å². The number of hydrogen-bond acceptors (Lipinski definition) is 2. The normalized spacial score (nSPS) is 10.4. The average molecular weight is 317 g/mol. The van der Waals surface area contributed by atoms with Gasteiger partial charge >= 0.3 is 5.69 Å². The highest BCUT2D eigenvalue weighted by atomic mass is 127. The molecular formula is C7H3F3INO2. The number of nitro benzene ring substituents is 1. The van der Waals surface area contributed by atoms with Crippen molar-refractivity contribution in [1.82, 2.24) is 0 Å². The lowest BCUT2D eigenvalue weighted by Gasteiger charge is -2.03. The maximum atomic E-state index is 13.1. The number of hydrogen-bond donors (Lipinski definition) is 0. The van der Waals surface area contributed by atoms with Crippen LogP contribution in [0.5, 0.6) is 0 Å². The standard InChI is InChI=1S/C7H3F3INO2/c1-2-3(8)7(12(13)14)5(10)4(9)6(2)11/h1H3. The van der Waals surface area contributed by atoms with Crippen molar-refractivity contribution in [2.45, 2.75) is 6.92 Å². The second-order valence-electron chi connectivity index (χ2n) is 2.49. The molecule has 3 nitrogen and oxygen atoms in total. The van der Waals surface area contributed by atoms with E-state index in [1.54, 1.807) is 0 Å². The molecule has 0 aliphatic rings. The van der Waals surface area contributed by atoms with E-state index in [1.165, 1.54) is 22.6 Å². The smallest absolute Gasteiger partial charge is 0.258 e. The Balaban J connectivity index is 3.68. The van der Waals surface area contributed by atoms with Gasteiger partial charge in [0.2, 0.25) is 11.6 Å². The van der Waals surface area contributed by atoms with Gasteiger partial charge in [0.1, 0.15) is 0 Å². The second-order valence-corrected chi connectivity index (χ2v) is 3.57. The second kappa shape index (κ2) is 3.71. The topological polar surface area (TPSA) is 43.1 Å². The molecule has 0 amide bonds. The first kappa shape index (κ1) is 11.2. The minimum absolute atomic E-state index is 0.267. The van der Waals surface area contributed by atoms with E-state index in [4.69, 9.17) is 0 Å². The van der Waals surface area contributed by atoms with Gasteiger partial charge in [-0.15, -0.1) is 0 Å². The molecular weight excluding hydrogens is 314 g/mol. The van der Waals surface area contributed by atoms with E-state index in [9.17, 15) is 23.3 Å². The molecule has 76 valence electrons. The van der Waals surface area contributed by atoms with Crippen molar-refractivity contribution < 1.29 is 18.1 Å². The fourth-order valence-electron chi connectivity index (χ4n) is 0.896. The molecule has 0 radical (unpaired) electrons. The van der Waals surface area contributed by atoms with Gasteiger partial charge in [-0.25, -0.2) is 4.39 Å². The monoisotopic (exact) mass is 317 g/mol. The van der Waals surface area contributed by atoms with Crippen LogP contribution in [0.15, 0.2) is 0 Å². The van der Waals surface area contributed by atoms with Crippen molar-refractivity contribution in [3.8, 4) is 0 Å². The first-order chi connectivity index (χ1) is 6.37. The third kappa shape index (κ3) is 1.56. The van der Waals surface area contributed by atoms with Crippen LogP contribution in [0.2, 0.25) is 0 Å². The van der Waals surface area contributed by atoms with E-state index in [2.05, 4.69) is 0 Å². The van der Waals surface area contributed by atoms with Crippen LogP contribution in [0.3, 0.4) is 0 Å². The van der Waals surface area contributed by atoms with Crippen molar-refractivity contribution in [1.29, 1.82) is 0 Å². The molecule has 0 spiro atoms. The molecule has 0 atom stereocenters. The van der Waals surface area contributed by atoms with Crippen LogP contribution in [0.1, 0.15) is 5.56 Å². The van der Waals surface area contributed by atoms with E-state index in [-0.39, 0.29) is 9.13 Å². The summed E-state index contributed by atoms with van der Waals surface area (Å²) in [6, 6.07) is 0. The van der Waals surface area contributed by atoms with Gasteiger partial charge in [-0.2, -0.15) is 8.78 Å². The Morgan fingerprint density at radius 2 is 1.71 bits per heavy atom. The fraction of sp³-hybridized carbons (Fsp3) is 0.143. The summed E-state index contributed by atoms with van der Waals surface area (Å²) in [4.78, 5) is 8.93. The highest BCUT2D eigenvalue weighted by Gasteiger charge is 2.29. The summed E-state index contributed by atoms with van der Waals surface area (Å²) in [6.45, 7) is 1.15. The predicted octanol–water partition coefficient (Wildman–Crippen LogP) is 2.93. The van der Waals surface area contributed by atoms with Crippen LogP contribution < -0.4 is 0 Å². The highest BCUT2D eigenvalue weighted by Crippen LogP contribution is 2.30. The number of nitrogens with zero attached hydrogens (tertiary/aromatic N) is 1. The van der Waals surface area contributed by atoms with Crippen molar-refractivity contribution in [3.05, 3.63) is 36.7 Å². The van der Waals surface area contributed by atoms with Crippen LogP contribution in [0, 0.1) is 38.1 Å². The Hall–Kier alpha value is -0.860. The molecule has 0 N–H and O–H groups in total. The molecule has 0 saturated carbocycles. The third-order valence-electron chi connectivity index (χ3n) is 1.64. The van der Waals surface area contributed by atoms with Gasteiger partial charge in [0.25, 0.3) is 0 Å². The van der Waals surface area contributed by atoms with Gasteiger partial charge in [0, 0.05) is 5.56 Å². The Kier molecular flexibility index (Phi) is 2.98. The molecule has 14 heavy (non-hydrogen) atoms. The Bertz CT molecular complexity index is 393. The van der Waals surface area contributed by atoms with Crippen molar-refractivity contribution in [3.63, 3.8) is 0 Å². The number of benzene rings is 1. The van der Waals surface area contributed by atoms with Gasteiger partial charge in [-0.3, -0.25) is 10.1 Å².